The molecule has 21 heavy (non-hydrogen) atoms. The number of sulfonamides is 1. The van der Waals surface area contributed by atoms with Crippen LogP contribution in [0.4, 0.5) is 5.95 Å². The molecule has 0 aliphatic rings. The van der Waals surface area contributed by atoms with Crippen molar-refractivity contribution >= 4 is 16.0 Å². The molecule has 7 nitrogen and oxygen atoms in total. The first-order valence-corrected chi connectivity index (χ1v) is 7.99. The molecule has 112 valence electrons. The normalized spacial score (nSPS) is 11.3. The summed E-state index contributed by atoms with van der Waals surface area (Å²) in [7, 11) is -3.95. The summed E-state index contributed by atoms with van der Waals surface area (Å²) in [6.07, 6.45) is 1.31. The summed E-state index contributed by atoms with van der Waals surface area (Å²) in [5.41, 5.74) is 1.44. The molecule has 8 heteroatoms. The maximum atomic E-state index is 12.2. The number of phenols is 1. The Kier molecular flexibility index (Phi) is 4.37. The summed E-state index contributed by atoms with van der Waals surface area (Å²) in [5.74, 6) is -0.439. The van der Waals surface area contributed by atoms with Crippen molar-refractivity contribution < 1.29 is 13.5 Å². The monoisotopic (exact) mass is 308 g/mol. The van der Waals surface area contributed by atoms with Crippen molar-refractivity contribution in [3.63, 3.8) is 0 Å². The number of nitrogens with one attached hydrogen (secondary N) is 1. The highest BCUT2D eigenvalue weighted by atomic mass is 32.2. The lowest BCUT2D eigenvalue weighted by Gasteiger charge is -2.09. The molecule has 0 fully saturated rings. The molecule has 2 aromatic rings. The number of rotatable bonds is 5. The molecule has 0 atom stereocenters. The van der Waals surface area contributed by atoms with Crippen LogP contribution < -0.4 is 4.72 Å². The molecule has 1 aromatic carbocycles. The maximum Gasteiger partial charge on any atom is 0.267 e. The lowest BCUT2D eigenvalue weighted by molar-refractivity contribution is 0.459. The predicted molar refractivity (Wildman–Crippen MR) is 77.5 cm³/mol. The van der Waals surface area contributed by atoms with E-state index in [1.807, 2.05) is 13.8 Å². The van der Waals surface area contributed by atoms with Crippen LogP contribution in [-0.2, 0) is 22.9 Å². The number of phenolic OH excluding ortho intramolecular Hbond substituents is 1. The van der Waals surface area contributed by atoms with E-state index >= 15 is 0 Å². The average Bonchev–Trinajstić information content (AvgIpc) is 2.47. The van der Waals surface area contributed by atoms with Crippen molar-refractivity contribution in [2.45, 2.75) is 31.6 Å². The lowest BCUT2D eigenvalue weighted by Crippen LogP contribution is -2.17. The molecular weight excluding hydrogens is 292 g/mol. The Morgan fingerprint density at radius 3 is 2.38 bits per heavy atom. The molecule has 0 aliphatic heterocycles. The first kappa shape index (κ1) is 15.2. The number of aromatic hydroxyl groups is 1. The van der Waals surface area contributed by atoms with Crippen molar-refractivity contribution in [2.75, 3.05) is 4.72 Å². The van der Waals surface area contributed by atoms with E-state index in [9.17, 15) is 13.5 Å². The highest BCUT2D eigenvalue weighted by molar-refractivity contribution is 7.92. The fourth-order valence-corrected chi connectivity index (χ4v) is 2.88. The second kappa shape index (κ2) is 6.04. The zero-order valence-corrected chi connectivity index (χ0v) is 12.6. The Hall–Kier alpha value is -2.22. The summed E-state index contributed by atoms with van der Waals surface area (Å²) in [4.78, 5) is 3.93. The van der Waals surface area contributed by atoms with E-state index in [0.717, 1.165) is 5.69 Å². The Labute approximate surface area is 123 Å². The van der Waals surface area contributed by atoms with Crippen LogP contribution in [0.1, 0.15) is 25.2 Å². The van der Waals surface area contributed by atoms with Crippen LogP contribution in [0.25, 0.3) is 0 Å². The van der Waals surface area contributed by atoms with Crippen LogP contribution in [-0.4, -0.2) is 28.7 Å². The number of nitrogens with zero attached hydrogens (tertiary/aromatic N) is 3. The minimum Gasteiger partial charge on any atom is -0.507 e. The van der Waals surface area contributed by atoms with Gasteiger partial charge < -0.3 is 5.11 Å². The molecule has 0 radical (unpaired) electrons. The Bertz CT molecular complexity index is 747. The number of hydrogen-bond donors (Lipinski definition) is 2. The zero-order valence-electron chi connectivity index (χ0n) is 11.7. The number of anilines is 1. The molecule has 0 spiro atoms. The minimum atomic E-state index is -3.95. The number of aromatic nitrogens is 3. The fourth-order valence-electron chi connectivity index (χ4n) is 1.84. The van der Waals surface area contributed by atoms with Crippen molar-refractivity contribution in [1.29, 1.82) is 0 Å². The molecule has 2 rings (SSSR count). The quantitative estimate of drug-likeness (QED) is 0.867. The molecule has 0 unspecified atom stereocenters. The van der Waals surface area contributed by atoms with Gasteiger partial charge in [0, 0.05) is 0 Å². The fraction of sp³-hybridized carbons (Fsp3) is 0.308. The topological polar surface area (TPSA) is 105 Å². The summed E-state index contributed by atoms with van der Waals surface area (Å²) in [6, 6.07) is 5.65. The van der Waals surface area contributed by atoms with Crippen LogP contribution in [0, 0.1) is 0 Å². The Morgan fingerprint density at radius 1 is 1.10 bits per heavy atom. The summed E-state index contributed by atoms with van der Waals surface area (Å²) >= 11 is 0. The second-order valence-electron chi connectivity index (χ2n) is 4.31. The van der Waals surface area contributed by atoms with Crippen LogP contribution >= 0.6 is 0 Å². The molecule has 0 saturated heterocycles. The molecule has 1 aromatic heterocycles. The van der Waals surface area contributed by atoms with E-state index in [0.29, 0.717) is 18.5 Å². The van der Waals surface area contributed by atoms with E-state index in [4.69, 9.17) is 0 Å². The number of para-hydroxylation sites is 1. The SMILES string of the molecule is CCc1nnc(NS(=O)(=O)c2ccccc2O)nc1CC. The van der Waals surface area contributed by atoms with Gasteiger partial charge in [-0.15, -0.1) is 10.2 Å². The van der Waals surface area contributed by atoms with Gasteiger partial charge in [-0.05, 0) is 25.0 Å². The van der Waals surface area contributed by atoms with Gasteiger partial charge in [0.05, 0.1) is 11.4 Å². The maximum absolute atomic E-state index is 12.2. The number of aryl methyl sites for hydroxylation is 2. The van der Waals surface area contributed by atoms with Crippen molar-refractivity contribution in [2.24, 2.45) is 0 Å². The standard InChI is InChI=1S/C13H16N4O3S/c1-3-9-10(4-2)15-16-13(14-9)17-21(19,20)12-8-6-5-7-11(12)18/h5-8,18H,3-4H2,1-2H3,(H,14,16,17). The predicted octanol–water partition coefficient (Wildman–Crippen LogP) is 1.50. The molecule has 0 saturated carbocycles. The van der Waals surface area contributed by atoms with Gasteiger partial charge in [-0.25, -0.2) is 18.1 Å². The van der Waals surface area contributed by atoms with Crippen LogP contribution in [0.5, 0.6) is 5.75 Å². The number of benzene rings is 1. The molecule has 2 N–H and O–H groups in total. The van der Waals surface area contributed by atoms with Gasteiger partial charge in [-0.3, -0.25) is 0 Å². The first-order chi connectivity index (χ1) is 9.97. The van der Waals surface area contributed by atoms with E-state index in [2.05, 4.69) is 19.9 Å². The van der Waals surface area contributed by atoms with Crippen molar-refractivity contribution in [3.8, 4) is 5.75 Å². The van der Waals surface area contributed by atoms with Gasteiger partial charge >= 0.3 is 0 Å². The van der Waals surface area contributed by atoms with Gasteiger partial charge in [-0.1, -0.05) is 26.0 Å². The highest BCUT2D eigenvalue weighted by Gasteiger charge is 2.20. The van der Waals surface area contributed by atoms with Crippen molar-refractivity contribution in [1.82, 2.24) is 15.2 Å². The van der Waals surface area contributed by atoms with E-state index in [-0.39, 0.29) is 16.6 Å². The largest absolute Gasteiger partial charge is 0.507 e. The van der Waals surface area contributed by atoms with E-state index in [1.165, 1.54) is 24.3 Å². The molecule has 0 amide bonds. The van der Waals surface area contributed by atoms with Gasteiger partial charge in [0.1, 0.15) is 10.6 Å². The molecule has 0 aliphatic carbocycles. The van der Waals surface area contributed by atoms with E-state index in [1.54, 1.807) is 0 Å². The average molecular weight is 308 g/mol. The summed E-state index contributed by atoms with van der Waals surface area (Å²) in [5, 5.41) is 17.4. The van der Waals surface area contributed by atoms with Gasteiger partial charge in [-0.2, -0.15) is 0 Å². The highest BCUT2D eigenvalue weighted by Crippen LogP contribution is 2.23. The number of hydrogen-bond acceptors (Lipinski definition) is 6. The smallest absolute Gasteiger partial charge is 0.267 e. The van der Waals surface area contributed by atoms with Gasteiger partial charge in [0.25, 0.3) is 16.0 Å². The molecule has 1 heterocycles. The third-order valence-corrected chi connectivity index (χ3v) is 4.27. The van der Waals surface area contributed by atoms with Crippen LogP contribution in [0.2, 0.25) is 0 Å². The summed E-state index contributed by atoms with van der Waals surface area (Å²) < 4.78 is 26.6. The van der Waals surface area contributed by atoms with Gasteiger partial charge in [0.2, 0.25) is 0 Å². The summed E-state index contributed by atoms with van der Waals surface area (Å²) in [6.45, 7) is 3.83. The van der Waals surface area contributed by atoms with E-state index < -0.39 is 10.0 Å². The lowest BCUT2D eigenvalue weighted by atomic mass is 10.2. The van der Waals surface area contributed by atoms with Crippen LogP contribution in [0.15, 0.2) is 29.2 Å². The molecule has 0 bridgehead atoms. The third kappa shape index (κ3) is 3.27. The first-order valence-electron chi connectivity index (χ1n) is 6.51. The Morgan fingerprint density at radius 2 is 1.76 bits per heavy atom. The minimum absolute atomic E-state index is 0.104. The van der Waals surface area contributed by atoms with Gasteiger partial charge in [0.15, 0.2) is 0 Å². The van der Waals surface area contributed by atoms with Crippen molar-refractivity contribution in [3.05, 3.63) is 35.7 Å². The zero-order chi connectivity index (χ0) is 15.5. The van der Waals surface area contributed by atoms with Crippen LogP contribution in [0.3, 0.4) is 0 Å². The second-order valence-corrected chi connectivity index (χ2v) is 5.96. The molecular formula is C13H16N4O3S. The Balaban J connectivity index is 2.35. The third-order valence-electron chi connectivity index (χ3n) is 2.89.